The summed E-state index contributed by atoms with van der Waals surface area (Å²) in [6.45, 7) is 3.50. The van der Waals surface area contributed by atoms with Gasteiger partial charge in [-0.3, -0.25) is 9.59 Å². The third-order valence-corrected chi connectivity index (χ3v) is 2.63. The van der Waals surface area contributed by atoms with Gasteiger partial charge in [0.1, 0.15) is 0 Å². The van der Waals surface area contributed by atoms with Crippen molar-refractivity contribution >= 4 is 11.9 Å². The van der Waals surface area contributed by atoms with Gasteiger partial charge in [0.05, 0.1) is 25.2 Å². The molecule has 0 aromatic heterocycles. The third kappa shape index (κ3) is 5.09. The Morgan fingerprint density at radius 3 is 2.47 bits per heavy atom. The van der Waals surface area contributed by atoms with E-state index in [-0.39, 0.29) is 18.9 Å². The molecule has 0 spiro atoms. The molecule has 0 saturated heterocycles. The summed E-state index contributed by atoms with van der Waals surface area (Å²) in [4.78, 5) is 23.3. The van der Waals surface area contributed by atoms with Crippen LogP contribution in [0.4, 0.5) is 0 Å². The topological polar surface area (TPSA) is 75.6 Å². The number of aliphatic hydroxyl groups excluding tert-OH is 1. The number of rotatable bonds is 6. The van der Waals surface area contributed by atoms with Crippen LogP contribution in [0.5, 0.6) is 0 Å². The molecule has 19 heavy (non-hydrogen) atoms. The number of amides is 1. The van der Waals surface area contributed by atoms with Gasteiger partial charge in [-0.2, -0.15) is 0 Å². The first-order valence-corrected chi connectivity index (χ1v) is 6.24. The van der Waals surface area contributed by atoms with E-state index in [4.69, 9.17) is 4.74 Å². The van der Waals surface area contributed by atoms with Crippen molar-refractivity contribution in [2.75, 3.05) is 6.61 Å². The third-order valence-electron chi connectivity index (χ3n) is 2.63. The summed E-state index contributed by atoms with van der Waals surface area (Å²) in [5, 5.41) is 12.2. The molecule has 0 unspecified atom stereocenters. The number of esters is 1. The summed E-state index contributed by atoms with van der Waals surface area (Å²) in [7, 11) is 0. The molecular formula is C14H19NO4. The van der Waals surface area contributed by atoms with Crippen LogP contribution in [-0.2, 0) is 9.53 Å². The summed E-state index contributed by atoms with van der Waals surface area (Å²) in [6.07, 6.45) is -0.888. The summed E-state index contributed by atoms with van der Waals surface area (Å²) in [5.41, 5.74) is 0.483. The number of hydrogen-bond acceptors (Lipinski definition) is 4. The van der Waals surface area contributed by atoms with E-state index < -0.39 is 18.1 Å². The Hall–Kier alpha value is -1.88. The number of benzene rings is 1. The van der Waals surface area contributed by atoms with E-state index in [0.29, 0.717) is 5.56 Å². The Morgan fingerprint density at radius 2 is 1.95 bits per heavy atom. The lowest BCUT2D eigenvalue weighted by Crippen LogP contribution is -2.43. The molecule has 0 heterocycles. The Morgan fingerprint density at radius 1 is 1.32 bits per heavy atom. The molecule has 1 aromatic carbocycles. The van der Waals surface area contributed by atoms with Crippen LogP contribution in [0.25, 0.3) is 0 Å². The molecule has 1 rings (SSSR count). The number of hydrogen-bond donors (Lipinski definition) is 2. The van der Waals surface area contributed by atoms with Crippen molar-refractivity contribution in [1.29, 1.82) is 0 Å². The maximum atomic E-state index is 11.9. The van der Waals surface area contributed by atoms with E-state index in [0.717, 1.165) is 0 Å². The quantitative estimate of drug-likeness (QED) is 0.756. The maximum absolute atomic E-state index is 11.9. The second kappa shape index (κ2) is 7.53. The van der Waals surface area contributed by atoms with Crippen LogP contribution in [0, 0.1) is 0 Å². The van der Waals surface area contributed by atoms with Gasteiger partial charge < -0.3 is 15.2 Å². The molecule has 0 radical (unpaired) electrons. The maximum Gasteiger partial charge on any atom is 0.307 e. The van der Waals surface area contributed by atoms with E-state index in [9.17, 15) is 14.7 Å². The molecule has 0 aliphatic heterocycles. The molecule has 0 aliphatic rings. The minimum absolute atomic E-state index is 0.0515. The first kappa shape index (κ1) is 15.2. The molecule has 1 amide bonds. The van der Waals surface area contributed by atoms with Gasteiger partial charge in [-0.1, -0.05) is 18.2 Å². The van der Waals surface area contributed by atoms with Crippen LogP contribution in [0.15, 0.2) is 30.3 Å². The number of aliphatic hydroxyl groups is 1. The predicted octanol–water partition coefficient (Wildman–Crippen LogP) is 1.12. The Bertz CT molecular complexity index is 417. The Balaban J connectivity index is 2.64. The molecule has 0 bridgehead atoms. The van der Waals surface area contributed by atoms with E-state index in [1.807, 2.05) is 6.07 Å². The largest absolute Gasteiger partial charge is 0.466 e. The molecule has 104 valence electrons. The minimum Gasteiger partial charge on any atom is -0.466 e. The smallest absolute Gasteiger partial charge is 0.307 e. The lowest BCUT2D eigenvalue weighted by atomic mass is 10.1. The van der Waals surface area contributed by atoms with Crippen LogP contribution in [0.1, 0.15) is 30.6 Å². The van der Waals surface area contributed by atoms with Crippen molar-refractivity contribution in [1.82, 2.24) is 5.32 Å². The van der Waals surface area contributed by atoms with Crippen LogP contribution in [-0.4, -0.2) is 35.7 Å². The summed E-state index contributed by atoms with van der Waals surface area (Å²) in [5.74, 6) is -0.766. The lowest BCUT2D eigenvalue weighted by Gasteiger charge is -2.20. The molecule has 1 aromatic rings. The van der Waals surface area contributed by atoms with Gasteiger partial charge >= 0.3 is 5.97 Å². The van der Waals surface area contributed by atoms with E-state index >= 15 is 0 Å². The zero-order chi connectivity index (χ0) is 14.3. The van der Waals surface area contributed by atoms with Gasteiger partial charge in [-0.05, 0) is 26.0 Å². The summed E-state index contributed by atoms with van der Waals surface area (Å²) < 4.78 is 4.81. The molecule has 5 heteroatoms. The predicted molar refractivity (Wildman–Crippen MR) is 70.6 cm³/mol. The van der Waals surface area contributed by atoms with E-state index in [1.165, 1.54) is 6.92 Å². The van der Waals surface area contributed by atoms with Gasteiger partial charge in [0.15, 0.2) is 0 Å². The highest BCUT2D eigenvalue weighted by atomic mass is 16.5. The molecular weight excluding hydrogens is 246 g/mol. The highest BCUT2D eigenvalue weighted by Crippen LogP contribution is 2.04. The van der Waals surface area contributed by atoms with Gasteiger partial charge in [0.2, 0.25) is 0 Å². The van der Waals surface area contributed by atoms with Crippen molar-refractivity contribution in [2.24, 2.45) is 0 Å². The fourth-order valence-corrected chi connectivity index (χ4v) is 1.58. The van der Waals surface area contributed by atoms with Gasteiger partial charge in [-0.25, -0.2) is 0 Å². The highest BCUT2D eigenvalue weighted by Gasteiger charge is 2.22. The number of carbonyl (C=O) groups excluding carboxylic acids is 2. The molecule has 5 nitrogen and oxygen atoms in total. The van der Waals surface area contributed by atoms with Crippen molar-refractivity contribution in [2.45, 2.75) is 32.4 Å². The van der Waals surface area contributed by atoms with Crippen molar-refractivity contribution < 1.29 is 19.4 Å². The fourth-order valence-electron chi connectivity index (χ4n) is 1.58. The van der Waals surface area contributed by atoms with Crippen LogP contribution >= 0.6 is 0 Å². The average Bonchev–Trinajstić information content (AvgIpc) is 2.39. The fraction of sp³-hybridized carbons (Fsp3) is 0.429. The van der Waals surface area contributed by atoms with Gasteiger partial charge in [0.25, 0.3) is 5.91 Å². The van der Waals surface area contributed by atoms with Crippen LogP contribution in [0.2, 0.25) is 0 Å². The molecule has 2 N–H and O–H groups in total. The summed E-state index contributed by atoms with van der Waals surface area (Å²) >= 11 is 0. The van der Waals surface area contributed by atoms with E-state index in [1.54, 1.807) is 31.2 Å². The van der Waals surface area contributed by atoms with Crippen LogP contribution < -0.4 is 5.32 Å². The summed E-state index contributed by atoms with van der Waals surface area (Å²) in [6, 6.07) is 7.97. The normalized spacial score (nSPS) is 13.4. The average molecular weight is 265 g/mol. The van der Waals surface area contributed by atoms with Gasteiger partial charge in [-0.15, -0.1) is 0 Å². The first-order chi connectivity index (χ1) is 9.04. The number of carbonyl (C=O) groups is 2. The zero-order valence-corrected chi connectivity index (χ0v) is 11.1. The molecule has 0 saturated carbocycles. The lowest BCUT2D eigenvalue weighted by molar-refractivity contribution is -0.144. The van der Waals surface area contributed by atoms with Crippen molar-refractivity contribution in [3.05, 3.63) is 35.9 Å². The van der Waals surface area contributed by atoms with Gasteiger partial charge in [0, 0.05) is 5.56 Å². The second-order valence-electron chi connectivity index (χ2n) is 4.20. The Kier molecular flexibility index (Phi) is 6.02. The zero-order valence-electron chi connectivity index (χ0n) is 11.1. The molecule has 2 atom stereocenters. The number of ether oxygens (including phenoxy) is 1. The monoisotopic (exact) mass is 265 g/mol. The SMILES string of the molecule is CCOC(=O)C[C@@H](NC(=O)c1ccccc1)[C@H](C)O. The number of nitrogens with one attached hydrogen (secondary N) is 1. The molecule has 0 fully saturated rings. The van der Waals surface area contributed by atoms with Crippen LogP contribution in [0.3, 0.4) is 0 Å². The Labute approximate surface area is 112 Å². The standard InChI is InChI=1S/C14H19NO4/c1-3-19-13(17)9-12(10(2)16)15-14(18)11-7-5-4-6-8-11/h4-8,10,12,16H,3,9H2,1-2H3,(H,15,18)/t10-,12+/m0/s1. The first-order valence-electron chi connectivity index (χ1n) is 6.24. The minimum atomic E-state index is -0.836. The van der Waals surface area contributed by atoms with Crippen molar-refractivity contribution in [3.8, 4) is 0 Å². The second-order valence-corrected chi connectivity index (χ2v) is 4.20. The van der Waals surface area contributed by atoms with Crippen molar-refractivity contribution in [3.63, 3.8) is 0 Å². The van der Waals surface area contributed by atoms with E-state index in [2.05, 4.69) is 5.32 Å². The highest BCUT2D eigenvalue weighted by molar-refractivity contribution is 5.94. The molecule has 0 aliphatic carbocycles.